The molecular formula is C16H28N2O. The number of hydrogen-bond acceptors (Lipinski definition) is 3. The molecule has 0 saturated heterocycles. The minimum Gasteiger partial charge on any atom is -0.376 e. The predicted molar refractivity (Wildman–Crippen MR) is 80.8 cm³/mol. The molecule has 19 heavy (non-hydrogen) atoms. The maximum Gasteiger partial charge on any atom is 0.0830 e. The Hall–Kier alpha value is -0.900. The van der Waals surface area contributed by atoms with Crippen LogP contribution in [0.5, 0.6) is 0 Å². The zero-order valence-electron chi connectivity index (χ0n) is 13.1. The summed E-state index contributed by atoms with van der Waals surface area (Å²) >= 11 is 0. The summed E-state index contributed by atoms with van der Waals surface area (Å²) in [7, 11) is 0. The standard InChI is InChI=1S/C16H28N2O/c1-7-19-15(16(4,5)6)14(18-17)13-9-8-11(2)12(3)10-13/h8-10,14-15,18H,7,17H2,1-6H3. The Morgan fingerprint density at radius 1 is 1.21 bits per heavy atom. The van der Waals surface area contributed by atoms with Gasteiger partial charge in [-0.2, -0.15) is 0 Å². The molecule has 2 unspecified atom stereocenters. The van der Waals surface area contributed by atoms with E-state index in [0.29, 0.717) is 6.61 Å². The first-order valence-electron chi connectivity index (χ1n) is 6.96. The van der Waals surface area contributed by atoms with Gasteiger partial charge in [0, 0.05) is 6.61 Å². The first-order chi connectivity index (χ1) is 8.81. The third kappa shape index (κ3) is 4.03. The number of aryl methyl sites for hydroxylation is 2. The van der Waals surface area contributed by atoms with Crippen LogP contribution < -0.4 is 11.3 Å². The van der Waals surface area contributed by atoms with Crippen LogP contribution in [0, 0.1) is 19.3 Å². The number of ether oxygens (including phenoxy) is 1. The van der Waals surface area contributed by atoms with Gasteiger partial charge in [0.15, 0.2) is 0 Å². The summed E-state index contributed by atoms with van der Waals surface area (Å²) < 4.78 is 5.94. The summed E-state index contributed by atoms with van der Waals surface area (Å²) in [5, 5.41) is 0. The van der Waals surface area contributed by atoms with Crippen LogP contribution in [0.15, 0.2) is 18.2 Å². The highest BCUT2D eigenvalue weighted by Gasteiger charge is 2.33. The van der Waals surface area contributed by atoms with E-state index in [2.05, 4.69) is 58.2 Å². The highest BCUT2D eigenvalue weighted by atomic mass is 16.5. The van der Waals surface area contributed by atoms with Gasteiger partial charge in [-0.1, -0.05) is 39.0 Å². The van der Waals surface area contributed by atoms with Crippen LogP contribution in [0.3, 0.4) is 0 Å². The average molecular weight is 264 g/mol. The van der Waals surface area contributed by atoms with Crippen LogP contribution in [0.2, 0.25) is 0 Å². The van der Waals surface area contributed by atoms with Crippen LogP contribution in [0.1, 0.15) is 50.4 Å². The van der Waals surface area contributed by atoms with E-state index in [1.54, 1.807) is 0 Å². The van der Waals surface area contributed by atoms with E-state index in [4.69, 9.17) is 10.6 Å². The number of hydrazine groups is 1. The van der Waals surface area contributed by atoms with Crippen molar-refractivity contribution in [3.63, 3.8) is 0 Å². The van der Waals surface area contributed by atoms with Gasteiger partial charge in [0.05, 0.1) is 12.1 Å². The highest BCUT2D eigenvalue weighted by Crippen LogP contribution is 2.33. The quantitative estimate of drug-likeness (QED) is 0.634. The average Bonchev–Trinajstić information content (AvgIpc) is 2.32. The molecule has 0 fully saturated rings. The molecule has 0 radical (unpaired) electrons. The SMILES string of the molecule is CCOC(C(NN)c1ccc(C)c(C)c1)C(C)(C)C. The van der Waals surface area contributed by atoms with Crippen LogP contribution in [0.4, 0.5) is 0 Å². The molecule has 0 bridgehead atoms. The molecule has 0 spiro atoms. The maximum atomic E-state index is 5.94. The minimum atomic E-state index is -0.000694. The zero-order chi connectivity index (χ0) is 14.6. The Kier molecular flexibility index (Phi) is 5.53. The van der Waals surface area contributed by atoms with E-state index in [1.807, 2.05) is 6.92 Å². The van der Waals surface area contributed by atoms with Crippen LogP contribution in [-0.4, -0.2) is 12.7 Å². The van der Waals surface area contributed by atoms with Gasteiger partial charge in [0.1, 0.15) is 0 Å². The Morgan fingerprint density at radius 3 is 2.26 bits per heavy atom. The molecule has 2 atom stereocenters. The zero-order valence-corrected chi connectivity index (χ0v) is 13.1. The fraction of sp³-hybridized carbons (Fsp3) is 0.625. The summed E-state index contributed by atoms with van der Waals surface area (Å²) in [5.74, 6) is 5.79. The van der Waals surface area contributed by atoms with E-state index in [9.17, 15) is 0 Å². The largest absolute Gasteiger partial charge is 0.376 e. The molecule has 3 heteroatoms. The Bertz CT molecular complexity index is 410. The molecule has 0 aliphatic heterocycles. The number of benzene rings is 1. The van der Waals surface area contributed by atoms with E-state index < -0.39 is 0 Å². The molecular weight excluding hydrogens is 236 g/mol. The summed E-state index contributed by atoms with van der Waals surface area (Å²) in [4.78, 5) is 0. The summed E-state index contributed by atoms with van der Waals surface area (Å²) in [5.41, 5.74) is 6.70. The fourth-order valence-corrected chi connectivity index (χ4v) is 2.34. The lowest BCUT2D eigenvalue weighted by atomic mass is 9.81. The van der Waals surface area contributed by atoms with E-state index in [1.165, 1.54) is 16.7 Å². The molecule has 1 aromatic carbocycles. The number of hydrogen-bond donors (Lipinski definition) is 2. The second-order valence-electron chi connectivity index (χ2n) is 6.23. The van der Waals surface area contributed by atoms with Crippen molar-refractivity contribution in [2.45, 2.75) is 53.7 Å². The van der Waals surface area contributed by atoms with Gasteiger partial charge < -0.3 is 4.74 Å². The third-order valence-corrected chi connectivity index (χ3v) is 3.57. The molecule has 1 rings (SSSR count). The van der Waals surface area contributed by atoms with Gasteiger partial charge in [0.25, 0.3) is 0 Å². The first-order valence-corrected chi connectivity index (χ1v) is 6.96. The molecule has 0 aliphatic rings. The van der Waals surface area contributed by atoms with Crippen LogP contribution >= 0.6 is 0 Å². The molecule has 1 aromatic rings. The minimum absolute atomic E-state index is 0.000694. The van der Waals surface area contributed by atoms with Crippen molar-refractivity contribution < 1.29 is 4.74 Å². The van der Waals surface area contributed by atoms with Crippen molar-refractivity contribution >= 4 is 0 Å². The van der Waals surface area contributed by atoms with Gasteiger partial charge in [0.2, 0.25) is 0 Å². The van der Waals surface area contributed by atoms with Crippen LogP contribution in [-0.2, 0) is 4.74 Å². The molecule has 0 aliphatic carbocycles. The lowest BCUT2D eigenvalue weighted by Crippen LogP contribution is -2.44. The summed E-state index contributed by atoms with van der Waals surface area (Å²) in [6, 6.07) is 6.46. The number of rotatable bonds is 5. The molecule has 3 N–H and O–H groups in total. The van der Waals surface area contributed by atoms with E-state index in [-0.39, 0.29) is 17.6 Å². The molecule has 108 valence electrons. The topological polar surface area (TPSA) is 47.3 Å². The van der Waals surface area contributed by atoms with Crippen molar-refractivity contribution in [3.05, 3.63) is 34.9 Å². The molecule has 3 nitrogen and oxygen atoms in total. The lowest BCUT2D eigenvalue weighted by Gasteiger charge is -2.36. The van der Waals surface area contributed by atoms with Gasteiger partial charge in [-0.25, -0.2) is 0 Å². The first kappa shape index (κ1) is 16.2. The van der Waals surface area contributed by atoms with Crippen molar-refractivity contribution in [1.29, 1.82) is 0 Å². The fourth-order valence-electron chi connectivity index (χ4n) is 2.34. The Labute approximate surface area is 117 Å². The second-order valence-corrected chi connectivity index (χ2v) is 6.23. The van der Waals surface area contributed by atoms with Crippen LogP contribution in [0.25, 0.3) is 0 Å². The maximum absolute atomic E-state index is 5.94. The van der Waals surface area contributed by atoms with E-state index in [0.717, 1.165) is 0 Å². The monoisotopic (exact) mass is 264 g/mol. The highest BCUT2D eigenvalue weighted by molar-refractivity contribution is 5.32. The Morgan fingerprint density at radius 2 is 1.84 bits per heavy atom. The molecule has 0 heterocycles. The third-order valence-electron chi connectivity index (χ3n) is 3.57. The lowest BCUT2D eigenvalue weighted by molar-refractivity contribution is -0.0366. The van der Waals surface area contributed by atoms with Gasteiger partial charge in [-0.15, -0.1) is 0 Å². The molecule has 0 aromatic heterocycles. The van der Waals surface area contributed by atoms with Crippen molar-refractivity contribution in [2.75, 3.05) is 6.61 Å². The van der Waals surface area contributed by atoms with Crippen molar-refractivity contribution in [2.24, 2.45) is 11.3 Å². The van der Waals surface area contributed by atoms with Gasteiger partial charge >= 0.3 is 0 Å². The normalized spacial score (nSPS) is 15.3. The smallest absolute Gasteiger partial charge is 0.0830 e. The summed E-state index contributed by atoms with van der Waals surface area (Å²) in [6.07, 6.45) is 0.0320. The molecule has 0 amide bonds. The number of nitrogens with one attached hydrogen (secondary N) is 1. The molecule has 0 saturated carbocycles. The van der Waals surface area contributed by atoms with Crippen molar-refractivity contribution in [3.8, 4) is 0 Å². The number of nitrogens with two attached hydrogens (primary N) is 1. The van der Waals surface area contributed by atoms with Crippen molar-refractivity contribution in [1.82, 2.24) is 5.43 Å². The second kappa shape index (κ2) is 6.51. The van der Waals surface area contributed by atoms with Gasteiger partial charge in [-0.05, 0) is 42.9 Å². The summed E-state index contributed by atoms with van der Waals surface area (Å²) in [6.45, 7) is 13.5. The predicted octanol–water partition coefficient (Wildman–Crippen LogP) is 3.26. The van der Waals surface area contributed by atoms with E-state index >= 15 is 0 Å². The van der Waals surface area contributed by atoms with Gasteiger partial charge in [-0.3, -0.25) is 11.3 Å². The Balaban J connectivity index is 3.12.